The van der Waals surface area contributed by atoms with Gasteiger partial charge in [0, 0.05) is 18.6 Å². The van der Waals surface area contributed by atoms with Gasteiger partial charge in [-0.2, -0.15) is 0 Å². The smallest absolute Gasteiger partial charge is 0.0704 e. The topological polar surface area (TPSA) is 33.3 Å². The third-order valence-electron chi connectivity index (χ3n) is 3.91. The summed E-state index contributed by atoms with van der Waals surface area (Å²) in [6.45, 7) is 6.62. The maximum atomic E-state index is 6.07. The molecule has 1 aliphatic carbocycles. The molecule has 2 aliphatic rings. The van der Waals surface area contributed by atoms with Crippen LogP contribution >= 0.6 is 0 Å². The summed E-state index contributed by atoms with van der Waals surface area (Å²) in [6.07, 6.45) is 10.2. The van der Waals surface area contributed by atoms with Crippen molar-refractivity contribution in [1.82, 2.24) is 10.6 Å². The normalized spacial score (nSPS) is 28.2. The molecule has 2 N–H and O–H groups in total. The van der Waals surface area contributed by atoms with Crippen LogP contribution in [0.25, 0.3) is 0 Å². The number of rotatable bonds is 9. The Bertz CT molecular complexity index is 229. The van der Waals surface area contributed by atoms with Gasteiger partial charge >= 0.3 is 0 Å². The highest BCUT2D eigenvalue weighted by Gasteiger charge is 2.24. The molecule has 1 saturated heterocycles. The molecular formula is C15H30N2O. The van der Waals surface area contributed by atoms with Gasteiger partial charge in [0.05, 0.1) is 12.2 Å². The molecule has 0 aromatic heterocycles. The van der Waals surface area contributed by atoms with E-state index in [2.05, 4.69) is 24.5 Å². The van der Waals surface area contributed by atoms with Gasteiger partial charge in [0.15, 0.2) is 0 Å². The first-order valence-electron chi connectivity index (χ1n) is 7.86. The van der Waals surface area contributed by atoms with E-state index in [9.17, 15) is 0 Å². The van der Waals surface area contributed by atoms with Crippen molar-refractivity contribution in [1.29, 1.82) is 0 Å². The van der Waals surface area contributed by atoms with Crippen molar-refractivity contribution in [3.05, 3.63) is 0 Å². The quantitative estimate of drug-likeness (QED) is 0.620. The summed E-state index contributed by atoms with van der Waals surface area (Å²) >= 11 is 0. The molecule has 0 radical (unpaired) electrons. The highest BCUT2D eigenvalue weighted by atomic mass is 16.5. The first-order valence-corrected chi connectivity index (χ1v) is 7.86. The highest BCUT2D eigenvalue weighted by Crippen LogP contribution is 2.23. The van der Waals surface area contributed by atoms with Crippen molar-refractivity contribution in [3.8, 4) is 0 Å². The summed E-state index contributed by atoms with van der Waals surface area (Å²) in [7, 11) is 0. The average molecular weight is 254 g/mol. The Labute approximate surface area is 112 Å². The second-order valence-electron chi connectivity index (χ2n) is 6.24. The SMILES string of the molecule is CC(C)NCC1CCC(CCCCNC2CC2)O1. The van der Waals surface area contributed by atoms with Crippen molar-refractivity contribution < 1.29 is 4.74 Å². The number of unbranched alkanes of at least 4 members (excludes halogenated alkanes) is 1. The van der Waals surface area contributed by atoms with E-state index < -0.39 is 0 Å². The Morgan fingerprint density at radius 3 is 2.56 bits per heavy atom. The molecule has 2 fully saturated rings. The van der Waals surface area contributed by atoms with Crippen LogP contribution in [-0.2, 0) is 4.74 Å². The van der Waals surface area contributed by atoms with E-state index >= 15 is 0 Å². The molecule has 0 bridgehead atoms. The fourth-order valence-electron chi connectivity index (χ4n) is 2.60. The molecule has 2 atom stereocenters. The second kappa shape index (κ2) is 7.46. The van der Waals surface area contributed by atoms with Crippen LogP contribution < -0.4 is 10.6 Å². The molecule has 2 rings (SSSR count). The van der Waals surface area contributed by atoms with Gasteiger partial charge in [-0.05, 0) is 51.5 Å². The molecule has 0 spiro atoms. The summed E-state index contributed by atoms with van der Waals surface area (Å²) < 4.78 is 6.07. The van der Waals surface area contributed by atoms with Gasteiger partial charge in [-0.1, -0.05) is 13.8 Å². The number of hydrogen-bond acceptors (Lipinski definition) is 3. The molecule has 0 aromatic carbocycles. The Morgan fingerprint density at radius 1 is 1.06 bits per heavy atom. The van der Waals surface area contributed by atoms with E-state index in [0.29, 0.717) is 18.2 Å². The van der Waals surface area contributed by atoms with Crippen LogP contribution in [-0.4, -0.2) is 37.4 Å². The van der Waals surface area contributed by atoms with Crippen LogP contribution in [0.1, 0.15) is 58.8 Å². The van der Waals surface area contributed by atoms with Crippen molar-refractivity contribution in [3.63, 3.8) is 0 Å². The largest absolute Gasteiger partial charge is 0.374 e. The monoisotopic (exact) mass is 254 g/mol. The second-order valence-corrected chi connectivity index (χ2v) is 6.24. The van der Waals surface area contributed by atoms with Gasteiger partial charge in [-0.15, -0.1) is 0 Å². The molecule has 3 nitrogen and oxygen atoms in total. The summed E-state index contributed by atoms with van der Waals surface area (Å²) in [5.41, 5.74) is 0. The van der Waals surface area contributed by atoms with E-state index in [1.54, 1.807) is 0 Å². The molecule has 1 aliphatic heterocycles. The van der Waals surface area contributed by atoms with Crippen molar-refractivity contribution in [2.45, 2.75) is 83.1 Å². The first kappa shape index (κ1) is 14.3. The molecule has 0 amide bonds. The highest BCUT2D eigenvalue weighted by molar-refractivity contribution is 4.80. The lowest BCUT2D eigenvalue weighted by Crippen LogP contribution is -2.32. The van der Waals surface area contributed by atoms with Gasteiger partial charge < -0.3 is 15.4 Å². The van der Waals surface area contributed by atoms with Crippen molar-refractivity contribution in [2.24, 2.45) is 0 Å². The maximum absolute atomic E-state index is 6.07. The summed E-state index contributed by atoms with van der Waals surface area (Å²) in [5.74, 6) is 0. The van der Waals surface area contributed by atoms with E-state index in [4.69, 9.17) is 4.74 Å². The van der Waals surface area contributed by atoms with Crippen LogP contribution in [0.3, 0.4) is 0 Å². The van der Waals surface area contributed by atoms with Gasteiger partial charge in [0.25, 0.3) is 0 Å². The summed E-state index contributed by atoms with van der Waals surface area (Å²) in [6, 6.07) is 1.43. The predicted molar refractivity (Wildman–Crippen MR) is 75.9 cm³/mol. The van der Waals surface area contributed by atoms with E-state index in [1.807, 2.05) is 0 Å². The van der Waals surface area contributed by atoms with Crippen molar-refractivity contribution >= 4 is 0 Å². The van der Waals surface area contributed by atoms with Gasteiger partial charge in [0.2, 0.25) is 0 Å². The zero-order chi connectivity index (χ0) is 12.8. The molecule has 2 unspecified atom stereocenters. The Kier molecular flexibility index (Phi) is 5.93. The lowest BCUT2D eigenvalue weighted by atomic mass is 10.1. The minimum absolute atomic E-state index is 0.460. The van der Waals surface area contributed by atoms with Crippen LogP contribution in [0.5, 0.6) is 0 Å². The standard InChI is InChI=1S/C15H30N2O/c1-12(2)17-11-15-9-8-14(18-15)5-3-4-10-16-13-6-7-13/h12-17H,3-11H2,1-2H3. The molecule has 106 valence electrons. The van der Waals surface area contributed by atoms with Crippen LogP contribution in [0.4, 0.5) is 0 Å². The fraction of sp³-hybridized carbons (Fsp3) is 1.00. The zero-order valence-corrected chi connectivity index (χ0v) is 12.1. The van der Waals surface area contributed by atoms with Crippen LogP contribution in [0, 0.1) is 0 Å². The molecule has 18 heavy (non-hydrogen) atoms. The summed E-state index contributed by atoms with van der Waals surface area (Å²) in [5, 5.41) is 7.04. The fourth-order valence-corrected chi connectivity index (χ4v) is 2.60. The lowest BCUT2D eigenvalue weighted by Gasteiger charge is -2.16. The minimum atomic E-state index is 0.460. The third-order valence-corrected chi connectivity index (χ3v) is 3.91. The summed E-state index contributed by atoms with van der Waals surface area (Å²) in [4.78, 5) is 0. The minimum Gasteiger partial charge on any atom is -0.374 e. The zero-order valence-electron chi connectivity index (χ0n) is 12.1. The van der Waals surface area contributed by atoms with Crippen molar-refractivity contribution in [2.75, 3.05) is 13.1 Å². The number of nitrogens with one attached hydrogen (secondary N) is 2. The Morgan fingerprint density at radius 2 is 1.83 bits per heavy atom. The Hall–Kier alpha value is -0.120. The third kappa shape index (κ3) is 5.68. The van der Waals surface area contributed by atoms with E-state index in [0.717, 1.165) is 12.6 Å². The molecule has 1 heterocycles. The first-order chi connectivity index (χ1) is 8.74. The molecular weight excluding hydrogens is 224 g/mol. The lowest BCUT2D eigenvalue weighted by molar-refractivity contribution is 0.0387. The van der Waals surface area contributed by atoms with Crippen LogP contribution in [0.2, 0.25) is 0 Å². The number of ether oxygens (including phenoxy) is 1. The molecule has 0 aromatic rings. The van der Waals surface area contributed by atoms with Gasteiger partial charge in [0.1, 0.15) is 0 Å². The number of hydrogen-bond donors (Lipinski definition) is 2. The molecule has 1 saturated carbocycles. The Balaban J connectivity index is 1.44. The molecule has 3 heteroatoms. The average Bonchev–Trinajstić information content (AvgIpc) is 3.05. The van der Waals surface area contributed by atoms with E-state index in [1.165, 1.54) is 51.5 Å². The maximum Gasteiger partial charge on any atom is 0.0704 e. The van der Waals surface area contributed by atoms with Gasteiger partial charge in [-0.25, -0.2) is 0 Å². The van der Waals surface area contributed by atoms with E-state index in [-0.39, 0.29) is 0 Å². The van der Waals surface area contributed by atoms with Gasteiger partial charge in [-0.3, -0.25) is 0 Å². The predicted octanol–water partition coefficient (Wildman–Crippen LogP) is 2.45. The van der Waals surface area contributed by atoms with Crippen LogP contribution in [0.15, 0.2) is 0 Å².